The minimum absolute atomic E-state index is 0. The molecule has 1 aliphatic rings. The Morgan fingerprint density at radius 1 is 1.41 bits per heavy atom. The molecule has 0 bridgehead atoms. The largest absolute Gasteiger partial charge is 0.330 e. The molecule has 0 spiro atoms. The molecule has 1 saturated heterocycles. The van der Waals surface area contributed by atoms with Gasteiger partial charge >= 0.3 is 0 Å². The summed E-state index contributed by atoms with van der Waals surface area (Å²) in [6.45, 7) is 4.49. The first-order chi connectivity index (χ1) is 7.56. The predicted octanol–water partition coefficient (Wildman–Crippen LogP) is 0.713. The third-order valence-corrected chi connectivity index (χ3v) is 4.46. The first kappa shape index (κ1) is 17.1. The maximum Gasteiger partial charge on any atom is 0.279 e. The molecule has 0 aliphatic carbocycles. The van der Waals surface area contributed by atoms with Crippen molar-refractivity contribution in [2.75, 3.05) is 26.2 Å². The topological polar surface area (TPSA) is 75.4 Å². The molecule has 1 aliphatic heterocycles. The Bertz CT molecular complexity index is 298. The summed E-state index contributed by atoms with van der Waals surface area (Å²) in [6.07, 6.45) is 3.75. The van der Waals surface area contributed by atoms with Crippen molar-refractivity contribution in [3.05, 3.63) is 0 Å². The maximum atomic E-state index is 11.9. The van der Waals surface area contributed by atoms with Crippen LogP contribution in [0.5, 0.6) is 0 Å². The number of nitrogens with one attached hydrogen (secondary N) is 1. The summed E-state index contributed by atoms with van der Waals surface area (Å²) in [5.74, 6) is 0.467. The zero-order valence-electron chi connectivity index (χ0n) is 10.4. The van der Waals surface area contributed by atoms with Crippen molar-refractivity contribution in [1.29, 1.82) is 0 Å². The van der Waals surface area contributed by atoms with Crippen LogP contribution in [0.3, 0.4) is 0 Å². The van der Waals surface area contributed by atoms with E-state index in [4.69, 9.17) is 5.73 Å². The fourth-order valence-electron chi connectivity index (χ4n) is 1.93. The lowest BCUT2D eigenvalue weighted by Gasteiger charge is -2.29. The Labute approximate surface area is 111 Å². The summed E-state index contributed by atoms with van der Waals surface area (Å²) in [7, 11) is -3.25. The molecule has 1 fully saturated rings. The minimum atomic E-state index is -3.25. The Morgan fingerprint density at radius 2 is 2.12 bits per heavy atom. The maximum absolute atomic E-state index is 11.9. The van der Waals surface area contributed by atoms with Crippen molar-refractivity contribution in [3.63, 3.8) is 0 Å². The van der Waals surface area contributed by atoms with Gasteiger partial charge in [0.05, 0.1) is 0 Å². The zero-order chi connectivity index (χ0) is 12.0. The molecule has 104 valence electrons. The van der Waals surface area contributed by atoms with E-state index in [1.165, 1.54) is 0 Å². The molecule has 1 heterocycles. The van der Waals surface area contributed by atoms with Gasteiger partial charge in [0.2, 0.25) is 0 Å². The Kier molecular flexibility index (Phi) is 8.32. The molecule has 0 amide bonds. The van der Waals surface area contributed by atoms with Crippen LogP contribution in [-0.4, -0.2) is 38.9 Å². The van der Waals surface area contributed by atoms with Gasteiger partial charge in [-0.2, -0.15) is 12.7 Å². The van der Waals surface area contributed by atoms with Crippen LogP contribution in [0.4, 0.5) is 0 Å². The van der Waals surface area contributed by atoms with Gasteiger partial charge in [-0.1, -0.05) is 6.92 Å². The molecule has 0 saturated carbocycles. The van der Waals surface area contributed by atoms with Crippen molar-refractivity contribution in [1.82, 2.24) is 9.03 Å². The van der Waals surface area contributed by atoms with Crippen molar-refractivity contribution in [2.45, 2.75) is 32.6 Å². The molecule has 7 heteroatoms. The minimum Gasteiger partial charge on any atom is -0.330 e. The van der Waals surface area contributed by atoms with Gasteiger partial charge in [0.15, 0.2) is 0 Å². The van der Waals surface area contributed by atoms with Gasteiger partial charge in [0.25, 0.3) is 10.2 Å². The monoisotopic (exact) mass is 285 g/mol. The van der Waals surface area contributed by atoms with E-state index in [1.807, 2.05) is 0 Å². The quantitative estimate of drug-likeness (QED) is 0.706. The van der Waals surface area contributed by atoms with E-state index in [0.717, 1.165) is 25.7 Å². The van der Waals surface area contributed by atoms with Gasteiger partial charge in [-0.3, -0.25) is 0 Å². The van der Waals surface area contributed by atoms with Crippen molar-refractivity contribution >= 4 is 22.6 Å². The Morgan fingerprint density at radius 3 is 2.71 bits per heavy atom. The molecule has 1 unspecified atom stereocenters. The summed E-state index contributed by atoms with van der Waals surface area (Å²) in [5.41, 5.74) is 5.35. The molecule has 5 nitrogen and oxygen atoms in total. The molecule has 0 aromatic carbocycles. The van der Waals surface area contributed by atoms with E-state index in [9.17, 15) is 8.42 Å². The molecule has 0 aromatic rings. The van der Waals surface area contributed by atoms with Crippen molar-refractivity contribution in [3.8, 4) is 0 Å². The Hall–Kier alpha value is 0.120. The standard InChI is InChI=1S/C10H23N3O2S.ClH/c1-10-5-4-8-13(9-10)16(14,15)12-7-3-2-6-11;/h10,12H,2-9,11H2,1H3;1H. The number of nitrogens with two attached hydrogens (primary N) is 1. The number of hydrogen-bond donors (Lipinski definition) is 2. The van der Waals surface area contributed by atoms with Gasteiger partial charge in [-0.25, -0.2) is 4.72 Å². The molecule has 1 atom stereocenters. The highest BCUT2D eigenvalue weighted by Gasteiger charge is 2.26. The summed E-state index contributed by atoms with van der Waals surface area (Å²) in [4.78, 5) is 0. The summed E-state index contributed by atoms with van der Waals surface area (Å²) < 4.78 is 27.9. The van der Waals surface area contributed by atoms with Crippen LogP contribution in [0.2, 0.25) is 0 Å². The van der Waals surface area contributed by atoms with Gasteiger partial charge in [0, 0.05) is 19.6 Å². The van der Waals surface area contributed by atoms with Crippen molar-refractivity contribution in [2.24, 2.45) is 11.7 Å². The highest BCUT2D eigenvalue weighted by molar-refractivity contribution is 7.87. The number of halogens is 1. The molecule has 0 aromatic heterocycles. The number of hydrogen-bond acceptors (Lipinski definition) is 3. The molecular weight excluding hydrogens is 262 g/mol. The van der Waals surface area contributed by atoms with Gasteiger partial charge in [-0.15, -0.1) is 12.4 Å². The fraction of sp³-hybridized carbons (Fsp3) is 1.00. The van der Waals surface area contributed by atoms with Crippen LogP contribution >= 0.6 is 12.4 Å². The second kappa shape index (κ2) is 8.26. The lowest BCUT2D eigenvalue weighted by Crippen LogP contribution is -2.45. The molecule has 1 rings (SSSR count). The summed E-state index contributed by atoms with van der Waals surface area (Å²) in [6, 6.07) is 0. The van der Waals surface area contributed by atoms with Crippen LogP contribution in [0.25, 0.3) is 0 Å². The zero-order valence-corrected chi connectivity index (χ0v) is 12.0. The summed E-state index contributed by atoms with van der Waals surface area (Å²) in [5, 5.41) is 0. The lowest BCUT2D eigenvalue weighted by atomic mass is 10.0. The summed E-state index contributed by atoms with van der Waals surface area (Å²) >= 11 is 0. The van der Waals surface area contributed by atoms with E-state index in [1.54, 1.807) is 4.31 Å². The van der Waals surface area contributed by atoms with Crippen LogP contribution in [-0.2, 0) is 10.2 Å². The molecule has 3 N–H and O–H groups in total. The van der Waals surface area contributed by atoms with E-state index in [0.29, 0.717) is 32.1 Å². The van der Waals surface area contributed by atoms with Gasteiger partial charge < -0.3 is 5.73 Å². The average Bonchev–Trinajstić information content (AvgIpc) is 2.24. The Balaban J connectivity index is 0.00000256. The first-order valence-electron chi connectivity index (χ1n) is 6.01. The van der Waals surface area contributed by atoms with Crippen LogP contribution in [0.1, 0.15) is 32.6 Å². The molecule has 17 heavy (non-hydrogen) atoms. The number of unbranched alkanes of at least 4 members (excludes halogenated alkanes) is 1. The lowest BCUT2D eigenvalue weighted by molar-refractivity contribution is 0.278. The van der Waals surface area contributed by atoms with Crippen LogP contribution in [0.15, 0.2) is 0 Å². The normalized spacial score (nSPS) is 22.1. The first-order valence-corrected chi connectivity index (χ1v) is 7.45. The van der Waals surface area contributed by atoms with Crippen molar-refractivity contribution < 1.29 is 8.42 Å². The third kappa shape index (κ3) is 6.01. The van der Waals surface area contributed by atoms with E-state index in [-0.39, 0.29) is 12.4 Å². The average molecular weight is 286 g/mol. The van der Waals surface area contributed by atoms with Crippen LogP contribution in [0, 0.1) is 5.92 Å². The molecular formula is C10H24ClN3O2S. The second-order valence-electron chi connectivity index (χ2n) is 4.50. The highest BCUT2D eigenvalue weighted by atomic mass is 35.5. The predicted molar refractivity (Wildman–Crippen MR) is 72.4 cm³/mol. The fourth-order valence-corrected chi connectivity index (χ4v) is 3.33. The SMILES string of the molecule is CC1CCCN(S(=O)(=O)NCCCCN)C1.Cl. The third-order valence-electron chi connectivity index (χ3n) is 2.88. The van der Waals surface area contributed by atoms with E-state index < -0.39 is 10.2 Å². The second-order valence-corrected chi connectivity index (χ2v) is 6.26. The van der Waals surface area contributed by atoms with E-state index in [2.05, 4.69) is 11.6 Å². The highest BCUT2D eigenvalue weighted by Crippen LogP contribution is 2.17. The van der Waals surface area contributed by atoms with Gasteiger partial charge in [-0.05, 0) is 38.1 Å². The van der Waals surface area contributed by atoms with Crippen LogP contribution < -0.4 is 10.5 Å². The number of nitrogens with zero attached hydrogens (tertiary/aromatic N) is 1. The smallest absolute Gasteiger partial charge is 0.279 e. The number of rotatable bonds is 6. The van der Waals surface area contributed by atoms with E-state index >= 15 is 0 Å². The molecule has 0 radical (unpaired) electrons. The van der Waals surface area contributed by atoms with Gasteiger partial charge in [0.1, 0.15) is 0 Å². The number of piperidine rings is 1.